The molecule has 0 saturated carbocycles. The highest BCUT2D eigenvalue weighted by molar-refractivity contribution is 5.72. The molecule has 0 aromatic carbocycles. The van der Waals surface area contributed by atoms with Crippen molar-refractivity contribution in [2.24, 2.45) is 0 Å². The topological polar surface area (TPSA) is 78.9 Å². The predicted molar refractivity (Wildman–Crippen MR) is 339 cm³/mol. The van der Waals surface area contributed by atoms with Crippen molar-refractivity contribution in [3.05, 3.63) is 146 Å². The van der Waals surface area contributed by atoms with Gasteiger partial charge >= 0.3 is 17.9 Å². The Morgan fingerprint density at radius 1 is 0.282 bits per heavy atom. The van der Waals surface area contributed by atoms with E-state index in [1.807, 2.05) is 6.08 Å². The Morgan fingerprint density at radius 3 is 0.846 bits per heavy atom. The molecule has 440 valence electrons. The van der Waals surface area contributed by atoms with E-state index in [0.29, 0.717) is 19.3 Å². The van der Waals surface area contributed by atoms with Crippen LogP contribution in [0.2, 0.25) is 0 Å². The maximum absolute atomic E-state index is 12.8. The number of ether oxygens (including phenoxy) is 3. The summed E-state index contributed by atoms with van der Waals surface area (Å²) < 4.78 is 16.8. The lowest BCUT2D eigenvalue weighted by Gasteiger charge is -2.18. The van der Waals surface area contributed by atoms with Gasteiger partial charge < -0.3 is 14.2 Å². The van der Waals surface area contributed by atoms with Crippen LogP contribution in [-0.2, 0) is 28.6 Å². The largest absolute Gasteiger partial charge is 0.462 e. The Balaban J connectivity index is 4.36. The molecule has 0 spiro atoms. The Bertz CT molecular complexity index is 1710. The summed E-state index contributed by atoms with van der Waals surface area (Å²) in [6.45, 7) is 6.33. The van der Waals surface area contributed by atoms with Gasteiger partial charge in [-0.05, 0) is 103 Å². The van der Waals surface area contributed by atoms with Gasteiger partial charge in [0.15, 0.2) is 6.10 Å². The van der Waals surface area contributed by atoms with Crippen LogP contribution >= 0.6 is 0 Å². The number of rotatable bonds is 56. The zero-order chi connectivity index (χ0) is 56.4. The van der Waals surface area contributed by atoms with Gasteiger partial charge in [0.1, 0.15) is 13.2 Å². The summed E-state index contributed by atoms with van der Waals surface area (Å²) in [4.78, 5) is 38.2. The molecular formula is C72H116O6. The normalized spacial score (nSPS) is 13.1. The second kappa shape index (κ2) is 64.8. The number of hydrogen-bond acceptors (Lipinski definition) is 6. The second-order valence-electron chi connectivity index (χ2n) is 20.6. The third kappa shape index (κ3) is 62.1. The molecule has 0 N–H and O–H groups in total. The predicted octanol–water partition coefficient (Wildman–Crippen LogP) is 21.9. The van der Waals surface area contributed by atoms with Crippen LogP contribution in [0.1, 0.15) is 271 Å². The van der Waals surface area contributed by atoms with Crippen LogP contribution in [0.4, 0.5) is 0 Å². The minimum absolute atomic E-state index is 0.0919. The van der Waals surface area contributed by atoms with E-state index in [0.717, 1.165) is 116 Å². The molecule has 6 nitrogen and oxygen atoms in total. The highest BCUT2D eigenvalue weighted by Gasteiger charge is 2.19. The van der Waals surface area contributed by atoms with E-state index in [-0.39, 0.29) is 31.6 Å². The molecule has 0 aromatic heterocycles. The minimum Gasteiger partial charge on any atom is -0.462 e. The molecular weight excluding hydrogens is 961 g/mol. The fourth-order valence-corrected chi connectivity index (χ4v) is 8.44. The van der Waals surface area contributed by atoms with E-state index >= 15 is 0 Å². The lowest BCUT2D eigenvalue weighted by molar-refractivity contribution is -0.166. The molecule has 1 atom stereocenters. The van der Waals surface area contributed by atoms with Crippen molar-refractivity contribution in [1.29, 1.82) is 0 Å². The van der Waals surface area contributed by atoms with Crippen molar-refractivity contribution >= 4 is 17.9 Å². The third-order valence-electron chi connectivity index (χ3n) is 13.1. The number of carbonyl (C=O) groups excluding carboxylic acids is 3. The van der Waals surface area contributed by atoms with E-state index in [1.54, 1.807) is 6.08 Å². The average molecular weight is 1080 g/mol. The number of allylic oxidation sites excluding steroid dienone is 23. The fourth-order valence-electron chi connectivity index (χ4n) is 8.44. The van der Waals surface area contributed by atoms with Gasteiger partial charge in [-0.3, -0.25) is 14.4 Å². The molecule has 1 unspecified atom stereocenters. The van der Waals surface area contributed by atoms with E-state index in [2.05, 4.69) is 154 Å². The Labute approximate surface area is 480 Å². The number of unbranched alkanes of at least 4 members (excludes halogenated alkanes) is 22. The standard InChI is InChI=1S/C72H116O6/c1-4-7-10-13-16-19-22-25-28-29-30-31-32-33-34-35-36-37-38-39-40-41-42-43-45-47-50-53-56-59-62-65-71(74)77-68-69(67-76-70(73)64-61-58-55-52-49-46-27-24-21-18-15-12-9-6-3)78-72(75)66-63-60-57-54-51-48-44-26-23-20-17-14-11-8-5-2/h7-8,10-11,16-17,19-20,25-26,28,30-31,33-34,36-37,39-40,44,51,54,60,63,69H,4-6,9,12-15,18,21-24,27,29,32,35,38,41-43,45-50,52-53,55-59,61-62,64-68H2,1-3H3/b10-7-,11-8-,19-16-,20-17-,28-25-,31-30-,34-33-,37-36-,40-39-,44-26-,54-51-,63-60-. The molecule has 0 saturated heterocycles. The van der Waals surface area contributed by atoms with Crippen molar-refractivity contribution in [3.63, 3.8) is 0 Å². The molecule has 0 heterocycles. The maximum Gasteiger partial charge on any atom is 0.310 e. The fraction of sp³-hybridized carbons (Fsp3) is 0.625. The molecule has 0 fully saturated rings. The van der Waals surface area contributed by atoms with Crippen LogP contribution in [0.15, 0.2) is 146 Å². The summed E-state index contributed by atoms with van der Waals surface area (Å²) in [5.41, 5.74) is 0. The van der Waals surface area contributed by atoms with Crippen LogP contribution in [0, 0.1) is 0 Å². The van der Waals surface area contributed by atoms with Gasteiger partial charge in [-0.1, -0.05) is 295 Å². The minimum atomic E-state index is -0.839. The van der Waals surface area contributed by atoms with Crippen LogP contribution in [-0.4, -0.2) is 37.2 Å². The summed E-state index contributed by atoms with van der Waals surface area (Å²) >= 11 is 0. The lowest BCUT2D eigenvalue weighted by Crippen LogP contribution is -2.30. The first kappa shape index (κ1) is 73.3. The molecule has 0 aliphatic heterocycles. The molecule has 0 amide bonds. The summed E-state index contributed by atoms with van der Waals surface area (Å²) in [5.74, 6) is -1.06. The first-order valence-electron chi connectivity index (χ1n) is 31.8. The molecule has 0 rings (SSSR count). The number of hydrogen-bond donors (Lipinski definition) is 0. The van der Waals surface area contributed by atoms with Gasteiger partial charge in [0.25, 0.3) is 0 Å². The van der Waals surface area contributed by atoms with Crippen LogP contribution in [0.5, 0.6) is 0 Å². The molecule has 0 aliphatic carbocycles. The highest BCUT2D eigenvalue weighted by Crippen LogP contribution is 2.15. The SMILES string of the molecule is CC/C=C\C/C=C\C/C=C\C/C=C\C/C=C\C/C=C\C/C=C\CCCCCCCCCCCC(=O)OCC(COC(=O)CCCCCCCCCCCCCCCC)OC(=O)C/C=C\C/C=C\C/C=C\C/C=C\C/C=C\CC. The van der Waals surface area contributed by atoms with Crippen molar-refractivity contribution in [2.75, 3.05) is 13.2 Å². The monoisotopic (exact) mass is 1080 g/mol. The first-order valence-corrected chi connectivity index (χ1v) is 31.8. The van der Waals surface area contributed by atoms with Gasteiger partial charge in [0.2, 0.25) is 0 Å². The van der Waals surface area contributed by atoms with Crippen molar-refractivity contribution in [1.82, 2.24) is 0 Å². The molecule has 0 bridgehead atoms. The van der Waals surface area contributed by atoms with E-state index in [9.17, 15) is 14.4 Å². The number of esters is 3. The smallest absolute Gasteiger partial charge is 0.310 e. The number of carbonyl (C=O) groups is 3. The summed E-state index contributed by atoms with van der Waals surface area (Å²) in [7, 11) is 0. The van der Waals surface area contributed by atoms with Gasteiger partial charge in [-0.15, -0.1) is 0 Å². The Hall–Kier alpha value is -4.71. The first-order chi connectivity index (χ1) is 38.5. The molecule has 0 aliphatic rings. The quantitative estimate of drug-likeness (QED) is 0.0261. The Morgan fingerprint density at radius 2 is 0.538 bits per heavy atom. The van der Waals surface area contributed by atoms with E-state index < -0.39 is 12.1 Å². The van der Waals surface area contributed by atoms with Gasteiger partial charge in [0.05, 0.1) is 6.42 Å². The molecule has 0 aromatic rings. The zero-order valence-electron chi connectivity index (χ0n) is 50.4. The van der Waals surface area contributed by atoms with E-state index in [4.69, 9.17) is 14.2 Å². The third-order valence-corrected chi connectivity index (χ3v) is 13.1. The van der Waals surface area contributed by atoms with Gasteiger partial charge in [0, 0.05) is 12.8 Å². The van der Waals surface area contributed by atoms with E-state index in [1.165, 1.54) is 109 Å². The van der Waals surface area contributed by atoms with Crippen molar-refractivity contribution in [2.45, 2.75) is 277 Å². The molecule has 6 heteroatoms. The summed E-state index contributed by atoms with van der Waals surface area (Å²) in [5, 5.41) is 0. The summed E-state index contributed by atoms with van der Waals surface area (Å²) in [6.07, 6.45) is 93.1. The zero-order valence-corrected chi connectivity index (χ0v) is 50.4. The lowest BCUT2D eigenvalue weighted by atomic mass is 10.0. The highest BCUT2D eigenvalue weighted by atomic mass is 16.6. The van der Waals surface area contributed by atoms with Crippen molar-refractivity contribution < 1.29 is 28.6 Å². The van der Waals surface area contributed by atoms with Crippen LogP contribution < -0.4 is 0 Å². The molecule has 78 heavy (non-hydrogen) atoms. The van der Waals surface area contributed by atoms with Gasteiger partial charge in [-0.2, -0.15) is 0 Å². The average Bonchev–Trinajstić information content (AvgIpc) is 3.44. The second-order valence-corrected chi connectivity index (χ2v) is 20.6. The van der Waals surface area contributed by atoms with Crippen molar-refractivity contribution in [3.8, 4) is 0 Å². The maximum atomic E-state index is 12.8. The molecule has 0 radical (unpaired) electrons. The van der Waals surface area contributed by atoms with Crippen LogP contribution in [0.25, 0.3) is 0 Å². The Kier molecular flexibility index (Phi) is 60.9. The summed E-state index contributed by atoms with van der Waals surface area (Å²) in [6, 6.07) is 0. The van der Waals surface area contributed by atoms with Crippen LogP contribution in [0.3, 0.4) is 0 Å². The van der Waals surface area contributed by atoms with Gasteiger partial charge in [-0.25, -0.2) is 0 Å².